The fourth-order valence-corrected chi connectivity index (χ4v) is 3.39. The minimum absolute atomic E-state index is 0.559. The van der Waals surface area contributed by atoms with Gasteiger partial charge in [-0.2, -0.15) is 0 Å². The first kappa shape index (κ1) is 13.1. The van der Waals surface area contributed by atoms with E-state index in [0.29, 0.717) is 5.92 Å². The minimum Gasteiger partial charge on any atom is -0.317 e. The van der Waals surface area contributed by atoms with Crippen LogP contribution in [-0.4, -0.2) is 57.8 Å². The first-order chi connectivity index (χ1) is 9.24. The van der Waals surface area contributed by atoms with E-state index in [1.54, 1.807) is 0 Å². The van der Waals surface area contributed by atoms with Crippen molar-refractivity contribution in [1.82, 2.24) is 24.6 Å². The molecule has 3 rings (SSSR count). The van der Waals surface area contributed by atoms with Crippen LogP contribution < -0.4 is 0 Å². The molecule has 0 N–H and O–H groups in total. The number of rotatable bonds is 3. The zero-order valence-corrected chi connectivity index (χ0v) is 12.2. The van der Waals surface area contributed by atoms with E-state index in [1.807, 2.05) is 0 Å². The molecule has 0 amide bonds. The van der Waals surface area contributed by atoms with Gasteiger partial charge in [0.1, 0.15) is 11.6 Å². The third-order valence-electron chi connectivity index (χ3n) is 4.55. The summed E-state index contributed by atoms with van der Waals surface area (Å²) in [5.74, 6) is 2.87. The summed E-state index contributed by atoms with van der Waals surface area (Å²) < 4.78 is 2.24. The van der Waals surface area contributed by atoms with Gasteiger partial charge in [-0.1, -0.05) is 0 Å². The number of likely N-dealkylation sites (tertiary alicyclic amines) is 2. The number of aromatic nitrogens is 3. The predicted molar refractivity (Wildman–Crippen MR) is 75.0 cm³/mol. The highest BCUT2D eigenvalue weighted by molar-refractivity contribution is 5.04. The zero-order chi connectivity index (χ0) is 13.2. The molecule has 0 saturated carbocycles. The van der Waals surface area contributed by atoms with Crippen LogP contribution in [0.3, 0.4) is 0 Å². The van der Waals surface area contributed by atoms with Crippen LogP contribution in [0.5, 0.6) is 0 Å². The van der Waals surface area contributed by atoms with Gasteiger partial charge in [0.25, 0.3) is 0 Å². The molecule has 0 aromatic carbocycles. The molecule has 2 aliphatic heterocycles. The molecule has 0 radical (unpaired) electrons. The molecule has 19 heavy (non-hydrogen) atoms. The molecule has 106 valence electrons. The van der Waals surface area contributed by atoms with Gasteiger partial charge in [-0.25, -0.2) is 0 Å². The second-order valence-electron chi connectivity index (χ2n) is 6.12. The Bertz CT molecular complexity index is 421. The van der Waals surface area contributed by atoms with Crippen molar-refractivity contribution in [3.63, 3.8) is 0 Å². The van der Waals surface area contributed by atoms with E-state index in [1.165, 1.54) is 51.1 Å². The fourth-order valence-electron chi connectivity index (χ4n) is 3.39. The number of piperidine rings is 1. The molecule has 0 unspecified atom stereocenters. The van der Waals surface area contributed by atoms with Crippen LogP contribution in [0, 0.1) is 0 Å². The molecule has 3 heterocycles. The third-order valence-corrected chi connectivity index (χ3v) is 4.55. The predicted octanol–water partition coefficient (Wildman–Crippen LogP) is 1.22. The maximum absolute atomic E-state index is 4.48. The van der Waals surface area contributed by atoms with Gasteiger partial charge in [0.15, 0.2) is 0 Å². The fraction of sp³-hybridized carbons (Fsp3) is 0.857. The van der Waals surface area contributed by atoms with Crippen molar-refractivity contribution in [2.24, 2.45) is 7.05 Å². The first-order valence-electron chi connectivity index (χ1n) is 7.53. The van der Waals surface area contributed by atoms with Crippen LogP contribution in [0.4, 0.5) is 0 Å². The van der Waals surface area contributed by atoms with E-state index < -0.39 is 0 Å². The summed E-state index contributed by atoms with van der Waals surface area (Å²) in [7, 11) is 4.34. The van der Waals surface area contributed by atoms with Gasteiger partial charge < -0.3 is 9.47 Å². The number of likely N-dealkylation sites (N-methyl/N-ethyl adjacent to an activating group) is 1. The average molecular weight is 263 g/mol. The highest BCUT2D eigenvalue weighted by Gasteiger charge is 2.25. The van der Waals surface area contributed by atoms with Gasteiger partial charge in [-0.05, 0) is 52.4 Å². The lowest BCUT2D eigenvalue weighted by Crippen LogP contribution is -2.32. The Kier molecular flexibility index (Phi) is 3.84. The molecule has 0 aliphatic carbocycles. The summed E-state index contributed by atoms with van der Waals surface area (Å²) >= 11 is 0. The highest BCUT2D eigenvalue weighted by Crippen LogP contribution is 2.25. The number of nitrogens with zero attached hydrogens (tertiary/aromatic N) is 5. The van der Waals surface area contributed by atoms with Crippen LogP contribution in [0.25, 0.3) is 0 Å². The lowest BCUT2D eigenvalue weighted by molar-refractivity contribution is 0.243. The monoisotopic (exact) mass is 263 g/mol. The maximum atomic E-state index is 4.48. The van der Waals surface area contributed by atoms with Crippen molar-refractivity contribution in [2.45, 2.75) is 38.1 Å². The van der Waals surface area contributed by atoms with E-state index in [0.717, 1.165) is 18.9 Å². The highest BCUT2D eigenvalue weighted by atomic mass is 15.3. The molecule has 0 bridgehead atoms. The summed E-state index contributed by atoms with van der Waals surface area (Å²) in [4.78, 5) is 4.89. The van der Waals surface area contributed by atoms with Gasteiger partial charge in [-0.3, -0.25) is 4.90 Å². The molecule has 5 nitrogen and oxygen atoms in total. The van der Waals surface area contributed by atoms with Gasteiger partial charge in [-0.15, -0.1) is 10.2 Å². The van der Waals surface area contributed by atoms with Crippen LogP contribution >= 0.6 is 0 Å². The Morgan fingerprint density at radius 2 is 1.84 bits per heavy atom. The largest absolute Gasteiger partial charge is 0.317 e. The molecule has 2 aliphatic rings. The van der Waals surface area contributed by atoms with Crippen LogP contribution in [0.1, 0.15) is 43.3 Å². The molecule has 5 heteroatoms. The van der Waals surface area contributed by atoms with Crippen molar-refractivity contribution in [1.29, 1.82) is 0 Å². The maximum Gasteiger partial charge on any atom is 0.146 e. The van der Waals surface area contributed by atoms with Crippen molar-refractivity contribution in [3.05, 3.63) is 11.6 Å². The molecule has 1 aromatic rings. The van der Waals surface area contributed by atoms with E-state index >= 15 is 0 Å². The lowest BCUT2D eigenvalue weighted by atomic mass is 9.98. The normalized spacial score (nSPS) is 26.1. The first-order valence-corrected chi connectivity index (χ1v) is 7.53. The molecule has 2 fully saturated rings. The quantitative estimate of drug-likeness (QED) is 0.822. The van der Waals surface area contributed by atoms with Gasteiger partial charge in [0.2, 0.25) is 0 Å². The van der Waals surface area contributed by atoms with Gasteiger partial charge in [0.05, 0.1) is 6.54 Å². The SMILES string of the molecule is CN1CCC[C@@H](c2nnc(CN3CCCC3)n2C)C1. The second-order valence-corrected chi connectivity index (χ2v) is 6.12. The van der Waals surface area contributed by atoms with Crippen LogP contribution in [-0.2, 0) is 13.6 Å². The third kappa shape index (κ3) is 2.82. The summed E-state index contributed by atoms with van der Waals surface area (Å²) in [5, 5.41) is 8.91. The van der Waals surface area contributed by atoms with E-state index in [9.17, 15) is 0 Å². The summed E-state index contributed by atoms with van der Waals surface area (Å²) in [6.45, 7) is 5.74. The molecule has 1 atom stereocenters. The Labute approximate surface area is 115 Å². The molecular weight excluding hydrogens is 238 g/mol. The van der Waals surface area contributed by atoms with E-state index in [2.05, 4.69) is 38.7 Å². The second kappa shape index (κ2) is 5.59. The van der Waals surface area contributed by atoms with Crippen molar-refractivity contribution >= 4 is 0 Å². The lowest BCUT2D eigenvalue weighted by Gasteiger charge is -2.29. The Morgan fingerprint density at radius 1 is 1.05 bits per heavy atom. The van der Waals surface area contributed by atoms with Crippen molar-refractivity contribution < 1.29 is 0 Å². The Hall–Kier alpha value is -0.940. The van der Waals surface area contributed by atoms with Crippen molar-refractivity contribution in [3.8, 4) is 0 Å². The number of hydrogen-bond acceptors (Lipinski definition) is 4. The van der Waals surface area contributed by atoms with E-state index in [4.69, 9.17) is 0 Å². The van der Waals surface area contributed by atoms with Gasteiger partial charge in [0, 0.05) is 19.5 Å². The van der Waals surface area contributed by atoms with Crippen LogP contribution in [0.15, 0.2) is 0 Å². The average Bonchev–Trinajstić information content (AvgIpc) is 3.01. The minimum atomic E-state index is 0.559. The van der Waals surface area contributed by atoms with Crippen molar-refractivity contribution in [2.75, 3.05) is 33.2 Å². The zero-order valence-electron chi connectivity index (χ0n) is 12.2. The molecule has 2 saturated heterocycles. The summed E-state index contributed by atoms with van der Waals surface area (Å²) in [6, 6.07) is 0. The molecule has 1 aromatic heterocycles. The Balaban J connectivity index is 1.70. The topological polar surface area (TPSA) is 37.2 Å². The van der Waals surface area contributed by atoms with Gasteiger partial charge >= 0.3 is 0 Å². The van der Waals surface area contributed by atoms with Crippen LogP contribution in [0.2, 0.25) is 0 Å². The molecule has 0 spiro atoms. The Morgan fingerprint density at radius 3 is 2.58 bits per heavy atom. The smallest absolute Gasteiger partial charge is 0.146 e. The summed E-state index contributed by atoms with van der Waals surface area (Å²) in [6.07, 6.45) is 5.19. The van der Waals surface area contributed by atoms with E-state index in [-0.39, 0.29) is 0 Å². The molecular formula is C14H25N5. The number of hydrogen-bond donors (Lipinski definition) is 0. The standard InChI is InChI=1S/C14H25N5/c1-17-7-5-6-12(10-17)14-16-15-13(18(14)2)11-19-8-3-4-9-19/h12H,3-11H2,1-2H3/t12-/m1/s1. The summed E-state index contributed by atoms with van der Waals surface area (Å²) in [5.41, 5.74) is 0.